The van der Waals surface area contributed by atoms with Crippen molar-refractivity contribution in [1.29, 1.82) is 0 Å². The first-order valence-electron chi connectivity index (χ1n) is 5.62. The van der Waals surface area contributed by atoms with E-state index in [-0.39, 0.29) is 5.82 Å². The molecule has 4 heteroatoms. The van der Waals surface area contributed by atoms with Crippen molar-refractivity contribution < 1.29 is 9.50 Å². The number of halogens is 1. The molecule has 0 fully saturated rings. The molecule has 92 valence electrons. The molecule has 1 N–H and O–H groups in total. The fraction of sp³-hybridized carbons (Fsp3) is 0.143. The number of thiophene rings is 2. The van der Waals surface area contributed by atoms with E-state index in [2.05, 4.69) is 0 Å². The molecule has 0 saturated carbocycles. The van der Waals surface area contributed by atoms with Crippen LogP contribution in [0.25, 0.3) is 10.1 Å². The Bertz CT molecular complexity index is 658. The van der Waals surface area contributed by atoms with Crippen molar-refractivity contribution in [1.82, 2.24) is 0 Å². The van der Waals surface area contributed by atoms with Crippen LogP contribution in [-0.4, -0.2) is 5.11 Å². The highest BCUT2D eigenvalue weighted by Gasteiger charge is 2.13. The third-order valence-corrected chi connectivity index (χ3v) is 4.92. The van der Waals surface area contributed by atoms with E-state index in [1.54, 1.807) is 17.4 Å². The van der Waals surface area contributed by atoms with E-state index < -0.39 is 6.10 Å². The molecule has 1 aromatic carbocycles. The van der Waals surface area contributed by atoms with E-state index in [0.717, 1.165) is 19.8 Å². The van der Waals surface area contributed by atoms with Crippen molar-refractivity contribution >= 4 is 32.8 Å². The first kappa shape index (κ1) is 11.8. The van der Waals surface area contributed by atoms with Crippen LogP contribution < -0.4 is 0 Å². The highest BCUT2D eigenvalue weighted by molar-refractivity contribution is 7.19. The van der Waals surface area contributed by atoms with Crippen LogP contribution in [0.5, 0.6) is 0 Å². The zero-order valence-corrected chi connectivity index (χ0v) is 11.1. The summed E-state index contributed by atoms with van der Waals surface area (Å²) < 4.78 is 14.1. The van der Waals surface area contributed by atoms with Crippen LogP contribution in [0.4, 0.5) is 4.39 Å². The molecule has 3 aromatic rings. The lowest BCUT2D eigenvalue weighted by Gasteiger charge is -2.05. The Morgan fingerprint density at radius 3 is 2.89 bits per heavy atom. The standard InChI is InChI=1S/C14H11FOS2/c15-10-3-4-13-9(6-10)7-14(18-13)12(16)8-11-2-1-5-17-11/h1-7,12,16H,8H2. The van der Waals surface area contributed by atoms with Crippen LogP contribution in [0.3, 0.4) is 0 Å². The fourth-order valence-corrected chi connectivity index (χ4v) is 3.69. The molecule has 0 bridgehead atoms. The number of aliphatic hydroxyl groups excluding tert-OH is 1. The molecule has 0 saturated heterocycles. The maximum absolute atomic E-state index is 13.1. The SMILES string of the molecule is OC(Cc1cccs1)c1cc2cc(F)ccc2s1. The third kappa shape index (κ3) is 2.32. The minimum atomic E-state index is -0.510. The van der Waals surface area contributed by atoms with Crippen molar-refractivity contribution in [3.63, 3.8) is 0 Å². The summed E-state index contributed by atoms with van der Waals surface area (Å²) in [6.07, 6.45) is 0.108. The molecule has 3 rings (SSSR count). The first-order chi connectivity index (χ1) is 8.72. The second-order valence-corrected chi connectivity index (χ2v) is 6.28. The van der Waals surface area contributed by atoms with Crippen molar-refractivity contribution in [3.05, 3.63) is 57.3 Å². The van der Waals surface area contributed by atoms with Gasteiger partial charge in [0.05, 0.1) is 6.10 Å². The Labute approximate surface area is 112 Å². The van der Waals surface area contributed by atoms with Crippen molar-refractivity contribution in [2.75, 3.05) is 0 Å². The molecule has 0 amide bonds. The molecule has 0 aliphatic heterocycles. The van der Waals surface area contributed by atoms with Crippen molar-refractivity contribution in [3.8, 4) is 0 Å². The van der Waals surface area contributed by atoms with Gasteiger partial charge in [-0.15, -0.1) is 22.7 Å². The lowest BCUT2D eigenvalue weighted by Crippen LogP contribution is -1.97. The number of fused-ring (bicyclic) bond motifs is 1. The van der Waals surface area contributed by atoms with Crippen LogP contribution in [0.15, 0.2) is 41.8 Å². The summed E-state index contributed by atoms with van der Waals surface area (Å²) in [6.45, 7) is 0. The monoisotopic (exact) mass is 278 g/mol. The van der Waals surface area contributed by atoms with Gasteiger partial charge >= 0.3 is 0 Å². The number of rotatable bonds is 3. The van der Waals surface area contributed by atoms with Gasteiger partial charge in [-0.05, 0) is 41.1 Å². The molecule has 2 aromatic heterocycles. The maximum atomic E-state index is 13.1. The second kappa shape index (κ2) is 4.80. The zero-order chi connectivity index (χ0) is 12.5. The number of benzene rings is 1. The van der Waals surface area contributed by atoms with Gasteiger partial charge < -0.3 is 5.11 Å². The van der Waals surface area contributed by atoms with Gasteiger partial charge in [0.15, 0.2) is 0 Å². The molecular formula is C14H11FOS2. The lowest BCUT2D eigenvalue weighted by atomic mass is 10.1. The molecule has 0 radical (unpaired) electrons. The Balaban J connectivity index is 1.89. The maximum Gasteiger partial charge on any atom is 0.123 e. The van der Waals surface area contributed by atoms with Gasteiger partial charge in [0.25, 0.3) is 0 Å². The summed E-state index contributed by atoms with van der Waals surface area (Å²) in [4.78, 5) is 2.05. The molecule has 18 heavy (non-hydrogen) atoms. The summed E-state index contributed by atoms with van der Waals surface area (Å²) in [6, 6.07) is 10.6. The largest absolute Gasteiger partial charge is 0.387 e. The summed E-state index contributed by atoms with van der Waals surface area (Å²) in [5, 5.41) is 13.0. The number of hydrogen-bond donors (Lipinski definition) is 1. The number of hydrogen-bond acceptors (Lipinski definition) is 3. The molecule has 1 atom stereocenters. The van der Waals surface area contributed by atoms with E-state index in [4.69, 9.17) is 0 Å². The predicted molar refractivity (Wildman–Crippen MR) is 74.8 cm³/mol. The molecular weight excluding hydrogens is 267 g/mol. The van der Waals surface area contributed by atoms with Gasteiger partial charge in [0, 0.05) is 20.9 Å². The fourth-order valence-electron chi connectivity index (χ4n) is 1.92. The van der Waals surface area contributed by atoms with Crippen LogP contribution in [-0.2, 0) is 6.42 Å². The van der Waals surface area contributed by atoms with Crippen molar-refractivity contribution in [2.24, 2.45) is 0 Å². The van der Waals surface area contributed by atoms with E-state index in [1.165, 1.54) is 23.5 Å². The van der Waals surface area contributed by atoms with Crippen LogP contribution in [0.2, 0.25) is 0 Å². The summed E-state index contributed by atoms with van der Waals surface area (Å²) in [5.41, 5.74) is 0. The highest BCUT2D eigenvalue weighted by Crippen LogP contribution is 2.32. The summed E-state index contributed by atoms with van der Waals surface area (Å²) >= 11 is 3.16. The van der Waals surface area contributed by atoms with Gasteiger partial charge in [-0.1, -0.05) is 6.07 Å². The van der Waals surface area contributed by atoms with Gasteiger partial charge in [-0.3, -0.25) is 0 Å². The molecule has 0 aliphatic carbocycles. The van der Waals surface area contributed by atoms with Crippen molar-refractivity contribution in [2.45, 2.75) is 12.5 Å². The van der Waals surface area contributed by atoms with Gasteiger partial charge in [-0.25, -0.2) is 4.39 Å². The Kier molecular flexibility index (Phi) is 3.16. The molecule has 0 aliphatic rings. The predicted octanol–water partition coefficient (Wildman–Crippen LogP) is 4.38. The Hall–Kier alpha value is -1.23. The molecule has 1 nitrogen and oxygen atoms in total. The van der Waals surface area contributed by atoms with Gasteiger partial charge in [0.2, 0.25) is 0 Å². The Morgan fingerprint density at radius 1 is 1.22 bits per heavy atom. The minimum absolute atomic E-state index is 0.236. The molecule has 0 spiro atoms. The Morgan fingerprint density at radius 2 is 2.11 bits per heavy atom. The average Bonchev–Trinajstić information content (AvgIpc) is 2.96. The second-order valence-electron chi connectivity index (χ2n) is 4.13. The first-order valence-corrected chi connectivity index (χ1v) is 7.31. The third-order valence-electron chi connectivity index (χ3n) is 2.80. The molecule has 1 unspecified atom stereocenters. The van der Waals surface area contributed by atoms with Crippen LogP contribution in [0.1, 0.15) is 15.9 Å². The lowest BCUT2D eigenvalue weighted by molar-refractivity contribution is 0.183. The van der Waals surface area contributed by atoms with E-state index in [1.807, 2.05) is 23.6 Å². The topological polar surface area (TPSA) is 20.2 Å². The van der Waals surface area contributed by atoms with E-state index in [9.17, 15) is 9.50 Å². The molecule has 2 heterocycles. The summed E-state index contributed by atoms with van der Waals surface area (Å²) in [7, 11) is 0. The zero-order valence-electron chi connectivity index (χ0n) is 9.47. The summed E-state index contributed by atoms with van der Waals surface area (Å²) in [5.74, 6) is -0.236. The van der Waals surface area contributed by atoms with Gasteiger partial charge in [0.1, 0.15) is 5.82 Å². The van der Waals surface area contributed by atoms with E-state index >= 15 is 0 Å². The quantitative estimate of drug-likeness (QED) is 0.754. The normalized spacial score (nSPS) is 13.0. The minimum Gasteiger partial charge on any atom is -0.387 e. The number of aliphatic hydroxyl groups is 1. The van der Waals surface area contributed by atoms with Crippen LogP contribution >= 0.6 is 22.7 Å². The van der Waals surface area contributed by atoms with Gasteiger partial charge in [-0.2, -0.15) is 0 Å². The smallest absolute Gasteiger partial charge is 0.123 e. The van der Waals surface area contributed by atoms with Crippen LogP contribution in [0, 0.1) is 5.82 Å². The highest BCUT2D eigenvalue weighted by atomic mass is 32.1. The van der Waals surface area contributed by atoms with E-state index in [0.29, 0.717) is 6.42 Å². The average molecular weight is 278 g/mol.